The first-order chi connectivity index (χ1) is 7.17. The zero-order valence-corrected chi connectivity index (χ0v) is 8.38. The largest absolute Gasteiger partial charge is 0.391 e. The number of hydrogen-bond donors (Lipinski definition) is 3. The van der Waals surface area contributed by atoms with Crippen LogP contribution in [0, 0.1) is 0 Å². The second-order valence-corrected chi connectivity index (χ2v) is 3.02. The van der Waals surface area contributed by atoms with Gasteiger partial charge in [-0.2, -0.15) is 0 Å². The average Bonchev–Trinajstić information content (AvgIpc) is 2.27. The molecule has 0 aliphatic carbocycles. The maximum Gasteiger partial charge on any atom is 0.344 e. The highest BCUT2D eigenvalue weighted by atomic mass is 16.6. The van der Waals surface area contributed by atoms with Crippen LogP contribution in [0.15, 0.2) is 17.2 Å². The van der Waals surface area contributed by atoms with Gasteiger partial charge in [0.25, 0.3) is 0 Å². The van der Waals surface area contributed by atoms with E-state index in [0.29, 0.717) is 12.0 Å². The molecule has 1 unspecified atom stereocenters. The Morgan fingerprint density at radius 3 is 2.87 bits per heavy atom. The van der Waals surface area contributed by atoms with Crippen molar-refractivity contribution in [3.63, 3.8) is 0 Å². The van der Waals surface area contributed by atoms with Gasteiger partial charge in [0.1, 0.15) is 0 Å². The maximum absolute atomic E-state index is 10.7. The third-order valence-corrected chi connectivity index (χ3v) is 1.91. The third-order valence-electron chi connectivity index (χ3n) is 1.91. The van der Waals surface area contributed by atoms with E-state index in [0.717, 1.165) is 0 Å². The van der Waals surface area contributed by atoms with Crippen LogP contribution in [0.1, 0.15) is 25.0 Å². The van der Waals surface area contributed by atoms with E-state index >= 15 is 0 Å². The summed E-state index contributed by atoms with van der Waals surface area (Å²) in [6.07, 6.45) is 1.86. The van der Waals surface area contributed by atoms with Gasteiger partial charge in [-0.3, -0.25) is 0 Å². The van der Waals surface area contributed by atoms with Crippen LogP contribution in [0.25, 0.3) is 0 Å². The van der Waals surface area contributed by atoms with Gasteiger partial charge >= 0.3 is 5.69 Å². The molecule has 0 aliphatic rings. The number of ether oxygens (including phenoxy) is 1. The van der Waals surface area contributed by atoms with E-state index in [-0.39, 0.29) is 0 Å². The summed E-state index contributed by atoms with van der Waals surface area (Å²) in [5.74, 6) is 0. The predicted octanol–water partition coefficient (Wildman–Crippen LogP) is -0.452. The molecule has 1 heterocycles. The normalized spacial score (nSPS) is 14.9. The van der Waals surface area contributed by atoms with Gasteiger partial charge in [-0.05, 0) is 6.42 Å². The summed E-state index contributed by atoms with van der Waals surface area (Å²) >= 11 is 0. The van der Waals surface area contributed by atoms with Crippen LogP contribution in [-0.2, 0) is 4.74 Å². The molecule has 0 fully saturated rings. The first-order valence-electron chi connectivity index (χ1n) is 4.66. The van der Waals surface area contributed by atoms with Crippen molar-refractivity contribution in [2.24, 2.45) is 0 Å². The van der Waals surface area contributed by atoms with Gasteiger partial charge in [-0.25, -0.2) is 9.78 Å². The van der Waals surface area contributed by atoms with E-state index in [2.05, 4.69) is 9.97 Å². The lowest BCUT2D eigenvalue weighted by atomic mass is 10.1. The molecular weight excluding hydrogens is 200 g/mol. The van der Waals surface area contributed by atoms with E-state index in [1.165, 1.54) is 12.4 Å². The Labute approximate surface area is 86.6 Å². The monoisotopic (exact) mass is 214 g/mol. The molecule has 0 bridgehead atoms. The molecule has 3 N–H and O–H groups in total. The highest BCUT2D eigenvalue weighted by molar-refractivity contribution is 5.06. The lowest BCUT2D eigenvalue weighted by Gasteiger charge is -2.18. The Kier molecular flexibility index (Phi) is 4.41. The number of aliphatic hydroxyl groups excluding tert-OH is 2. The Morgan fingerprint density at radius 1 is 1.67 bits per heavy atom. The molecule has 0 saturated carbocycles. The fraction of sp³-hybridized carbons (Fsp3) is 0.556. The van der Waals surface area contributed by atoms with E-state index in [9.17, 15) is 4.79 Å². The number of nitrogens with one attached hydrogen (secondary N) is 1. The van der Waals surface area contributed by atoms with Crippen molar-refractivity contribution >= 4 is 0 Å². The van der Waals surface area contributed by atoms with Gasteiger partial charge < -0.3 is 19.9 Å². The Bertz CT molecular complexity index is 332. The number of hydrogen-bond acceptors (Lipinski definition) is 5. The van der Waals surface area contributed by atoms with Crippen LogP contribution < -0.4 is 5.69 Å². The Balaban J connectivity index is 2.74. The minimum absolute atomic E-state index is 0.392. The first kappa shape index (κ1) is 11.8. The molecule has 1 aromatic heterocycles. The average molecular weight is 214 g/mol. The number of H-pyrrole nitrogens is 1. The number of aliphatic hydroxyl groups is 2. The lowest BCUT2D eigenvalue weighted by Crippen LogP contribution is -2.21. The second-order valence-electron chi connectivity index (χ2n) is 3.02. The number of aromatic amines is 1. The van der Waals surface area contributed by atoms with Crippen LogP contribution in [-0.4, -0.2) is 33.1 Å². The van der Waals surface area contributed by atoms with Crippen LogP contribution in [0.5, 0.6) is 0 Å². The zero-order chi connectivity index (χ0) is 11.3. The molecule has 6 nitrogen and oxygen atoms in total. The first-order valence-corrected chi connectivity index (χ1v) is 4.66. The number of nitrogens with zero attached hydrogens (tertiary/aromatic N) is 1. The van der Waals surface area contributed by atoms with E-state index < -0.39 is 24.7 Å². The molecule has 0 spiro atoms. The Hall–Kier alpha value is -1.24. The van der Waals surface area contributed by atoms with Gasteiger partial charge in [-0.15, -0.1) is 0 Å². The Morgan fingerprint density at radius 2 is 2.40 bits per heavy atom. The zero-order valence-electron chi connectivity index (χ0n) is 8.38. The summed E-state index contributed by atoms with van der Waals surface area (Å²) in [4.78, 5) is 16.7. The summed E-state index contributed by atoms with van der Waals surface area (Å²) in [6, 6.07) is 0. The second kappa shape index (κ2) is 5.59. The summed E-state index contributed by atoms with van der Waals surface area (Å²) < 4.78 is 5.12. The summed E-state index contributed by atoms with van der Waals surface area (Å²) in [5, 5.41) is 17.7. The summed E-state index contributed by atoms with van der Waals surface area (Å²) in [7, 11) is 0. The molecule has 0 saturated heterocycles. The van der Waals surface area contributed by atoms with E-state index in [1.807, 2.05) is 6.92 Å². The summed E-state index contributed by atoms with van der Waals surface area (Å²) in [5.41, 5.74) is 0.223. The van der Waals surface area contributed by atoms with Crippen molar-refractivity contribution in [3.05, 3.63) is 28.4 Å². The molecule has 1 aromatic rings. The molecule has 6 heteroatoms. The fourth-order valence-electron chi connectivity index (χ4n) is 1.17. The highest BCUT2D eigenvalue weighted by Crippen LogP contribution is 2.19. The van der Waals surface area contributed by atoms with Crippen molar-refractivity contribution in [2.75, 3.05) is 6.61 Å². The molecule has 0 aromatic carbocycles. The van der Waals surface area contributed by atoms with Gasteiger partial charge in [0.05, 0.1) is 12.7 Å². The minimum Gasteiger partial charge on any atom is -0.391 e. The van der Waals surface area contributed by atoms with Crippen molar-refractivity contribution in [1.29, 1.82) is 0 Å². The topological polar surface area (TPSA) is 95.4 Å². The van der Waals surface area contributed by atoms with Gasteiger partial charge in [-0.1, -0.05) is 6.92 Å². The van der Waals surface area contributed by atoms with Crippen LogP contribution in [0.4, 0.5) is 0 Å². The van der Waals surface area contributed by atoms with Crippen LogP contribution >= 0.6 is 0 Å². The molecule has 15 heavy (non-hydrogen) atoms. The lowest BCUT2D eigenvalue weighted by molar-refractivity contribution is -0.158. The van der Waals surface area contributed by atoms with Crippen LogP contribution in [0.2, 0.25) is 0 Å². The predicted molar refractivity (Wildman–Crippen MR) is 52.1 cm³/mol. The molecule has 0 amide bonds. The van der Waals surface area contributed by atoms with Gasteiger partial charge in [0.2, 0.25) is 0 Å². The molecular formula is C9H14N2O4. The van der Waals surface area contributed by atoms with E-state index in [1.54, 1.807) is 0 Å². The molecule has 0 radical (unpaired) electrons. The van der Waals surface area contributed by atoms with Crippen LogP contribution in [0.3, 0.4) is 0 Å². The smallest absolute Gasteiger partial charge is 0.344 e. The molecule has 84 valence electrons. The SMILES string of the molecule is CC[C@@H](OC(O)CO)c1cnc(=O)[nH]c1. The van der Waals surface area contributed by atoms with Crippen molar-refractivity contribution in [2.45, 2.75) is 25.7 Å². The fourth-order valence-corrected chi connectivity index (χ4v) is 1.17. The van der Waals surface area contributed by atoms with Crippen molar-refractivity contribution in [3.8, 4) is 0 Å². The molecule has 2 atom stereocenters. The third kappa shape index (κ3) is 3.43. The van der Waals surface area contributed by atoms with Crippen molar-refractivity contribution in [1.82, 2.24) is 9.97 Å². The van der Waals surface area contributed by atoms with Gasteiger partial charge in [0, 0.05) is 18.0 Å². The minimum atomic E-state index is -1.22. The standard InChI is InChI=1S/C9H14N2O4/c1-2-7(15-8(13)5-12)6-3-10-9(14)11-4-6/h3-4,7-8,12-13H,2,5H2,1H3,(H,10,11,14)/t7-,8?/m1/s1. The highest BCUT2D eigenvalue weighted by Gasteiger charge is 2.14. The molecule has 1 rings (SSSR count). The number of aromatic nitrogens is 2. The number of rotatable bonds is 5. The maximum atomic E-state index is 10.7. The summed E-state index contributed by atoms with van der Waals surface area (Å²) in [6.45, 7) is 1.40. The van der Waals surface area contributed by atoms with Gasteiger partial charge in [0.15, 0.2) is 6.29 Å². The molecule has 0 aliphatic heterocycles. The van der Waals surface area contributed by atoms with E-state index in [4.69, 9.17) is 14.9 Å². The van der Waals surface area contributed by atoms with Crippen molar-refractivity contribution < 1.29 is 14.9 Å². The quantitative estimate of drug-likeness (QED) is 0.577.